The van der Waals surface area contributed by atoms with Gasteiger partial charge in [-0.2, -0.15) is 0 Å². The Morgan fingerprint density at radius 1 is 1.24 bits per heavy atom. The smallest absolute Gasteiger partial charge is 0.163 e. The van der Waals surface area contributed by atoms with Gasteiger partial charge in [-0.1, -0.05) is 30.3 Å². The summed E-state index contributed by atoms with van der Waals surface area (Å²) < 4.78 is 11.4. The lowest BCUT2D eigenvalue weighted by atomic mass is 10.1. The minimum Gasteiger partial charge on any atom is -0.486 e. The maximum Gasteiger partial charge on any atom is 0.163 e. The summed E-state index contributed by atoms with van der Waals surface area (Å²) in [6.07, 6.45) is 1.67. The first-order valence-electron chi connectivity index (χ1n) is 6.75. The van der Waals surface area contributed by atoms with E-state index in [9.17, 15) is 4.79 Å². The van der Waals surface area contributed by atoms with Crippen LogP contribution in [0.4, 0.5) is 5.69 Å². The van der Waals surface area contributed by atoms with E-state index in [2.05, 4.69) is 4.99 Å². The molecule has 3 rings (SSSR count). The first-order chi connectivity index (χ1) is 10.3. The van der Waals surface area contributed by atoms with Crippen LogP contribution in [0.25, 0.3) is 0 Å². The molecule has 0 spiro atoms. The third kappa shape index (κ3) is 2.79. The standard InChI is InChI=1S/C17H15NO3/c1-12(19)14-7-8-15(16-17(14)20-10-9-18-16)21-11-13-5-3-2-4-6-13/h2-9H,10-11H2,1H3. The molecular formula is C17H15NO3. The Hall–Kier alpha value is -2.62. The zero-order chi connectivity index (χ0) is 14.7. The fourth-order valence-electron chi connectivity index (χ4n) is 2.20. The molecule has 0 saturated heterocycles. The molecule has 4 nitrogen and oxygen atoms in total. The Labute approximate surface area is 123 Å². The van der Waals surface area contributed by atoms with Gasteiger partial charge in [-0.3, -0.25) is 4.79 Å². The van der Waals surface area contributed by atoms with Crippen LogP contribution >= 0.6 is 0 Å². The van der Waals surface area contributed by atoms with E-state index in [0.717, 1.165) is 5.56 Å². The number of aliphatic imine (C=N–C) groups is 1. The molecule has 4 heteroatoms. The van der Waals surface area contributed by atoms with Gasteiger partial charge in [0.1, 0.15) is 24.7 Å². The summed E-state index contributed by atoms with van der Waals surface area (Å²) in [6, 6.07) is 13.4. The number of rotatable bonds is 4. The molecule has 2 aromatic rings. The maximum absolute atomic E-state index is 11.6. The molecule has 1 heterocycles. The second kappa shape index (κ2) is 5.79. The van der Waals surface area contributed by atoms with E-state index < -0.39 is 0 Å². The molecule has 0 saturated carbocycles. The van der Waals surface area contributed by atoms with Gasteiger partial charge < -0.3 is 9.47 Å². The van der Waals surface area contributed by atoms with Crippen LogP contribution in [0.3, 0.4) is 0 Å². The second-order valence-corrected chi connectivity index (χ2v) is 4.74. The average Bonchev–Trinajstić information content (AvgIpc) is 2.53. The monoisotopic (exact) mass is 281 g/mol. The molecular weight excluding hydrogens is 266 g/mol. The van der Waals surface area contributed by atoms with Crippen molar-refractivity contribution < 1.29 is 14.3 Å². The normalized spacial score (nSPS) is 12.4. The van der Waals surface area contributed by atoms with Crippen LogP contribution in [-0.4, -0.2) is 18.6 Å². The van der Waals surface area contributed by atoms with Gasteiger partial charge in [-0.05, 0) is 24.6 Å². The number of ether oxygens (including phenoxy) is 2. The lowest BCUT2D eigenvalue weighted by Gasteiger charge is -2.18. The number of ketones is 1. The third-order valence-electron chi connectivity index (χ3n) is 3.23. The summed E-state index contributed by atoms with van der Waals surface area (Å²) in [5.41, 5.74) is 2.20. The topological polar surface area (TPSA) is 47.9 Å². The Balaban J connectivity index is 1.90. The highest BCUT2D eigenvalue weighted by Crippen LogP contribution is 2.42. The molecule has 0 unspecified atom stereocenters. The van der Waals surface area contributed by atoms with Gasteiger partial charge in [0.25, 0.3) is 0 Å². The molecule has 2 aromatic carbocycles. The highest BCUT2D eigenvalue weighted by Gasteiger charge is 2.20. The molecule has 0 aromatic heterocycles. The second-order valence-electron chi connectivity index (χ2n) is 4.74. The number of Topliss-reactive ketones (excluding diaryl/α,β-unsaturated/α-hetero) is 1. The highest BCUT2D eigenvalue weighted by atomic mass is 16.5. The van der Waals surface area contributed by atoms with E-state index in [4.69, 9.17) is 9.47 Å². The summed E-state index contributed by atoms with van der Waals surface area (Å²) in [4.78, 5) is 16.0. The fourth-order valence-corrected chi connectivity index (χ4v) is 2.20. The molecule has 0 aliphatic carbocycles. The van der Waals surface area contributed by atoms with E-state index >= 15 is 0 Å². The molecule has 0 amide bonds. The SMILES string of the molecule is CC(=O)c1ccc(OCc2ccccc2)c2c1OCC=N2. The van der Waals surface area contributed by atoms with E-state index in [1.54, 1.807) is 18.3 Å². The molecule has 1 aliphatic heterocycles. The summed E-state index contributed by atoms with van der Waals surface area (Å²) in [5, 5.41) is 0. The van der Waals surface area contributed by atoms with Gasteiger partial charge in [-0.25, -0.2) is 4.99 Å². The average molecular weight is 281 g/mol. The van der Waals surface area contributed by atoms with Crippen molar-refractivity contribution in [1.29, 1.82) is 0 Å². The number of carbonyl (C=O) groups is 1. The van der Waals surface area contributed by atoms with Crippen LogP contribution in [0.2, 0.25) is 0 Å². The zero-order valence-corrected chi connectivity index (χ0v) is 11.7. The minimum absolute atomic E-state index is 0.0436. The predicted molar refractivity (Wildman–Crippen MR) is 80.9 cm³/mol. The number of fused-ring (bicyclic) bond motifs is 1. The molecule has 0 N–H and O–H groups in total. The maximum atomic E-state index is 11.6. The Morgan fingerprint density at radius 3 is 2.81 bits per heavy atom. The van der Waals surface area contributed by atoms with Crippen molar-refractivity contribution in [3.8, 4) is 11.5 Å². The van der Waals surface area contributed by atoms with Crippen LogP contribution in [0.1, 0.15) is 22.8 Å². The summed E-state index contributed by atoms with van der Waals surface area (Å²) >= 11 is 0. The largest absolute Gasteiger partial charge is 0.486 e. The number of hydrogen-bond acceptors (Lipinski definition) is 4. The van der Waals surface area contributed by atoms with Crippen molar-refractivity contribution in [3.63, 3.8) is 0 Å². The molecule has 0 fully saturated rings. The quantitative estimate of drug-likeness (QED) is 0.805. The lowest BCUT2D eigenvalue weighted by molar-refractivity contribution is 0.101. The molecule has 1 aliphatic rings. The first kappa shape index (κ1) is 13.4. The van der Waals surface area contributed by atoms with E-state index in [-0.39, 0.29) is 5.78 Å². The summed E-state index contributed by atoms with van der Waals surface area (Å²) in [6.45, 7) is 2.33. The highest BCUT2D eigenvalue weighted by molar-refractivity contribution is 6.00. The molecule has 0 atom stereocenters. The Morgan fingerprint density at radius 2 is 2.05 bits per heavy atom. The molecule has 21 heavy (non-hydrogen) atoms. The van der Waals surface area contributed by atoms with Gasteiger partial charge in [0.05, 0.1) is 5.56 Å². The lowest BCUT2D eigenvalue weighted by Crippen LogP contribution is -2.08. The Bertz CT molecular complexity index is 693. The van der Waals surface area contributed by atoms with E-state index in [0.29, 0.717) is 36.0 Å². The van der Waals surface area contributed by atoms with Crippen molar-refractivity contribution in [2.24, 2.45) is 4.99 Å². The first-order valence-corrected chi connectivity index (χ1v) is 6.75. The minimum atomic E-state index is -0.0436. The van der Waals surface area contributed by atoms with Crippen LogP contribution in [0, 0.1) is 0 Å². The van der Waals surface area contributed by atoms with Gasteiger partial charge in [0.2, 0.25) is 0 Å². The molecule has 0 radical (unpaired) electrons. The van der Waals surface area contributed by atoms with Crippen molar-refractivity contribution in [3.05, 3.63) is 53.6 Å². The number of nitrogens with zero attached hydrogens (tertiary/aromatic N) is 1. The zero-order valence-electron chi connectivity index (χ0n) is 11.7. The van der Waals surface area contributed by atoms with Crippen LogP contribution < -0.4 is 9.47 Å². The van der Waals surface area contributed by atoms with Crippen LogP contribution in [-0.2, 0) is 6.61 Å². The van der Waals surface area contributed by atoms with Crippen molar-refractivity contribution >= 4 is 17.7 Å². The van der Waals surface area contributed by atoms with E-state index in [1.165, 1.54) is 6.92 Å². The molecule has 0 bridgehead atoms. The summed E-state index contributed by atoms with van der Waals surface area (Å²) in [5.74, 6) is 1.09. The Kier molecular flexibility index (Phi) is 3.69. The van der Waals surface area contributed by atoms with Gasteiger partial charge in [-0.15, -0.1) is 0 Å². The summed E-state index contributed by atoms with van der Waals surface area (Å²) in [7, 11) is 0. The predicted octanol–water partition coefficient (Wildman–Crippen LogP) is 3.56. The van der Waals surface area contributed by atoms with Crippen molar-refractivity contribution in [1.82, 2.24) is 0 Å². The van der Waals surface area contributed by atoms with Crippen molar-refractivity contribution in [2.75, 3.05) is 6.61 Å². The van der Waals surface area contributed by atoms with Crippen LogP contribution in [0.5, 0.6) is 11.5 Å². The van der Waals surface area contributed by atoms with Crippen LogP contribution in [0.15, 0.2) is 47.5 Å². The number of benzene rings is 2. The molecule has 106 valence electrons. The van der Waals surface area contributed by atoms with Gasteiger partial charge in [0, 0.05) is 6.21 Å². The van der Waals surface area contributed by atoms with Gasteiger partial charge >= 0.3 is 0 Å². The van der Waals surface area contributed by atoms with Gasteiger partial charge in [0.15, 0.2) is 11.5 Å². The third-order valence-corrected chi connectivity index (χ3v) is 3.23. The fraction of sp³-hybridized carbons (Fsp3) is 0.176. The number of hydrogen-bond donors (Lipinski definition) is 0. The number of carbonyl (C=O) groups excluding carboxylic acids is 1. The van der Waals surface area contributed by atoms with E-state index in [1.807, 2.05) is 30.3 Å². The van der Waals surface area contributed by atoms with Crippen molar-refractivity contribution in [2.45, 2.75) is 13.5 Å².